The van der Waals surface area contributed by atoms with Crippen molar-refractivity contribution in [2.24, 2.45) is 0 Å². The molecule has 0 aliphatic heterocycles. The lowest BCUT2D eigenvalue weighted by atomic mass is 9.94. The number of carboxylic acid groups (broad SMARTS) is 1. The molecule has 0 radical (unpaired) electrons. The third kappa shape index (κ3) is 4.21. The van der Waals surface area contributed by atoms with Gasteiger partial charge in [0.15, 0.2) is 17.2 Å². The Kier molecular flexibility index (Phi) is 5.70. The van der Waals surface area contributed by atoms with Gasteiger partial charge in [0.2, 0.25) is 0 Å². The summed E-state index contributed by atoms with van der Waals surface area (Å²) < 4.78 is 53.8. The molecule has 0 spiro atoms. The summed E-state index contributed by atoms with van der Waals surface area (Å²) >= 11 is 0. The molecule has 1 aromatic carbocycles. The quantitative estimate of drug-likeness (QED) is 0.545. The number of carboxylic acids is 1. The van der Waals surface area contributed by atoms with Gasteiger partial charge in [-0.2, -0.15) is 13.2 Å². The minimum absolute atomic E-state index is 0.142. The average molecular weight is 448 g/mol. The first-order chi connectivity index (χ1) is 15.1. The van der Waals surface area contributed by atoms with Crippen LogP contribution < -0.4 is 4.90 Å². The normalized spacial score (nSPS) is 15.2. The van der Waals surface area contributed by atoms with Crippen molar-refractivity contribution >= 4 is 23.0 Å². The molecule has 1 saturated carbocycles. The van der Waals surface area contributed by atoms with Crippen LogP contribution in [0.1, 0.15) is 48.2 Å². The molecular formula is C22H20F4N4O2. The van der Waals surface area contributed by atoms with Crippen LogP contribution in [-0.4, -0.2) is 39.1 Å². The van der Waals surface area contributed by atoms with E-state index in [-0.39, 0.29) is 22.9 Å². The molecule has 1 N–H and O–H groups in total. The number of halogens is 4. The van der Waals surface area contributed by atoms with Crippen LogP contribution in [0.2, 0.25) is 0 Å². The van der Waals surface area contributed by atoms with Crippen LogP contribution in [0.3, 0.4) is 0 Å². The smallest absolute Gasteiger partial charge is 0.418 e. The molecule has 10 heteroatoms. The van der Waals surface area contributed by atoms with Gasteiger partial charge in [0.25, 0.3) is 0 Å². The van der Waals surface area contributed by atoms with E-state index in [9.17, 15) is 27.5 Å². The molecule has 3 aromatic rings. The summed E-state index contributed by atoms with van der Waals surface area (Å²) in [6, 6.07) is 6.22. The SMILES string of the molecule is CN(c1nc2nc(C(=O)O)c(C(F)(F)F)cc2nc1-c1ccc(F)cc1)C1CCCCC1. The second kappa shape index (κ2) is 8.33. The van der Waals surface area contributed by atoms with E-state index in [4.69, 9.17) is 0 Å². The summed E-state index contributed by atoms with van der Waals surface area (Å²) in [5.41, 5.74) is -2.15. The Morgan fingerprint density at radius 2 is 1.72 bits per heavy atom. The number of nitrogens with zero attached hydrogens (tertiary/aromatic N) is 4. The summed E-state index contributed by atoms with van der Waals surface area (Å²) in [5.74, 6) is -1.90. The van der Waals surface area contributed by atoms with Crippen molar-refractivity contribution in [3.05, 3.63) is 47.4 Å². The highest BCUT2D eigenvalue weighted by molar-refractivity contribution is 5.91. The van der Waals surface area contributed by atoms with Crippen molar-refractivity contribution in [3.63, 3.8) is 0 Å². The zero-order valence-electron chi connectivity index (χ0n) is 17.2. The minimum Gasteiger partial charge on any atom is -0.476 e. The molecule has 1 aliphatic carbocycles. The molecule has 0 amide bonds. The van der Waals surface area contributed by atoms with Gasteiger partial charge in [-0.3, -0.25) is 0 Å². The zero-order chi connectivity index (χ0) is 23.0. The highest BCUT2D eigenvalue weighted by Gasteiger charge is 2.37. The molecule has 0 unspecified atom stereocenters. The Labute approximate surface area is 180 Å². The number of anilines is 1. The molecule has 168 valence electrons. The predicted molar refractivity (Wildman–Crippen MR) is 110 cm³/mol. The zero-order valence-corrected chi connectivity index (χ0v) is 17.2. The molecule has 2 aromatic heterocycles. The van der Waals surface area contributed by atoms with Crippen LogP contribution in [0, 0.1) is 5.82 Å². The topological polar surface area (TPSA) is 79.2 Å². The highest BCUT2D eigenvalue weighted by Crippen LogP contribution is 2.36. The standard InChI is InChI=1S/C22H20F4N4O2/c1-30(14-5-3-2-4-6-14)20-17(12-7-9-13(23)10-8-12)27-16-11-15(22(24,25)26)18(21(31)32)28-19(16)29-20/h7-11,14H,2-6H2,1H3,(H,31,32). The molecule has 6 nitrogen and oxygen atoms in total. The molecule has 32 heavy (non-hydrogen) atoms. The van der Waals surface area contributed by atoms with Crippen LogP contribution in [0.5, 0.6) is 0 Å². The van der Waals surface area contributed by atoms with E-state index in [1.165, 1.54) is 24.3 Å². The largest absolute Gasteiger partial charge is 0.476 e. The van der Waals surface area contributed by atoms with Gasteiger partial charge < -0.3 is 10.0 Å². The number of aromatic carboxylic acids is 1. The van der Waals surface area contributed by atoms with Gasteiger partial charge in [-0.1, -0.05) is 19.3 Å². The lowest BCUT2D eigenvalue weighted by Crippen LogP contribution is -2.34. The van der Waals surface area contributed by atoms with E-state index in [2.05, 4.69) is 15.0 Å². The first-order valence-corrected chi connectivity index (χ1v) is 10.2. The van der Waals surface area contributed by atoms with Gasteiger partial charge in [0.05, 0.1) is 5.56 Å². The van der Waals surface area contributed by atoms with Crippen LogP contribution in [0.15, 0.2) is 30.3 Å². The Morgan fingerprint density at radius 3 is 2.31 bits per heavy atom. The van der Waals surface area contributed by atoms with Gasteiger partial charge in [-0.15, -0.1) is 0 Å². The minimum atomic E-state index is -4.93. The fourth-order valence-corrected chi connectivity index (χ4v) is 4.05. The molecule has 0 saturated heterocycles. The van der Waals surface area contributed by atoms with Gasteiger partial charge in [0.1, 0.15) is 17.0 Å². The maximum atomic E-state index is 13.5. The molecule has 4 rings (SSSR count). The Bertz CT molecular complexity index is 1160. The van der Waals surface area contributed by atoms with Gasteiger partial charge in [-0.05, 0) is 43.2 Å². The fraction of sp³-hybridized carbons (Fsp3) is 0.364. The van der Waals surface area contributed by atoms with Crippen molar-refractivity contribution in [2.75, 3.05) is 11.9 Å². The Morgan fingerprint density at radius 1 is 1.06 bits per heavy atom. The molecular weight excluding hydrogens is 428 g/mol. The Balaban J connectivity index is 1.95. The van der Waals surface area contributed by atoms with E-state index in [0.29, 0.717) is 17.4 Å². The number of fused-ring (bicyclic) bond motifs is 1. The lowest BCUT2D eigenvalue weighted by molar-refractivity contribution is -0.138. The number of hydrogen-bond acceptors (Lipinski definition) is 5. The van der Waals surface area contributed by atoms with Crippen LogP contribution in [0.4, 0.5) is 23.4 Å². The number of carbonyl (C=O) groups is 1. The Hall–Kier alpha value is -3.30. The number of pyridine rings is 1. The fourth-order valence-electron chi connectivity index (χ4n) is 4.05. The van der Waals surface area contributed by atoms with Crippen LogP contribution in [-0.2, 0) is 6.18 Å². The van der Waals surface area contributed by atoms with Crippen molar-refractivity contribution in [1.29, 1.82) is 0 Å². The van der Waals surface area contributed by atoms with Gasteiger partial charge >= 0.3 is 12.1 Å². The number of rotatable bonds is 4. The van der Waals surface area contributed by atoms with E-state index in [1.807, 2.05) is 11.9 Å². The highest BCUT2D eigenvalue weighted by atomic mass is 19.4. The molecule has 1 aliphatic rings. The van der Waals surface area contributed by atoms with Crippen molar-refractivity contribution in [2.45, 2.75) is 44.3 Å². The van der Waals surface area contributed by atoms with Gasteiger partial charge in [-0.25, -0.2) is 24.1 Å². The van der Waals surface area contributed by atoms with E-state index in [0.717, 1.165) is 32.1 Å². The predicted octanol–water partition coefficient (Wildman–Crippen LogP) is 5.32. The first-order valence-electron chi connectivity index (χ1n) is 10.2. The average Bonchev–Trinajstić information content (AvgIpc) is 2.77. The van der Waals surface area contributed by atoms with E-state index >= 15 is 0 Å². The van der Waals surface area contributed by atoms with Gasteiger partial charge in [0, 0.05) is 18.7 Å². The van der Waals surface area contributed by atoms with Crippen molar-refractivity contribution < 1.29 is 27.5 Å². The van der Waals surface area contributed by atoms with E-state index < -0.39 is 29.2 Å². The maximum Gasteiger partial charge on any atom is 0.418 e. The number of alkyl halides is 3. The number of benzene rings is 1. The third-order valence-electron chi connectivity index (χ3n) is 5.72. The maximum absolute atomic E-state index is 13.5. The van der Waals surface area contributed by atoms with Crippen LogP contribution >= 0.6 is 0 Å². The van der Waals surface area contributed by atoms with E-state index in [1.54, 1.807) is 0 Å². The van der Waals surface area contributed by atoms with Crippen LogP contribution in [0.25, 0.3) is 22.4 Å². The van der Waals surface area contributed by atoms with Crippen molar-refractivity contribution in [1.82, 2.24) is 15.0 Å². The number of aromatic nitrogens is 3. The molecule has 2 heterocycles. The number of hydrogen-bond donors (Lipinski definition) is 1. The third-order valence-corrected chi connectivity index (χ3v) is 5.72. The van der Waals surface area contributed by atoms with Crippen molar-refractivity contribution in [3.8, 4) is 11.3 Å². The molecule has 0 atom stereocenters. The lowest BCUT2D eigenvalue weighted by Gasteiger charge is -2.33. The molecule has 1 fully saturated rings. The summed E-state index contributed by atoms with van der Waals surface area (Å²) in [6.45, 7) is 0. The summed E-state index contributed by atoms with van der Waals surface area (Å²) in [5, 5.41) is 9.27. The summed E-state index contributed by atoms with van der Waals surface area (Å²) in [7, 11) is 1.82. The summed E-state index contributed by atoms with van der Waals surface area (Å²) in [4.78, 5) is 25.9. The second-order valence-corrected chi connectivity index (χ2v) is 7.84. The molecule has 0 bridgehead atoms. The monoisotopic (exact) mass is 448 g/mol. The summed E-state index contributed by atoms with van der Waals surface area (Å²) in [6.07, 6.45) is 0.114. The second-order valence-electron chi connectivity index (χ2n) is 7.84. The first kappa shape index (κ1) is 21.9.